The number of ether oxygens (including phenoxy) is 2. The van der Waals surface area contributed by atoms with Gasteiger partial charge in [-0.2, -0.15) is 0 Å². The van der Waals surface area contributed by atoms with Crippen LogP contribution in [0.1, 0.15) is 12.5 Å². The Kier molecular flexibility index (Phi) is 7.52. The van der Waals surface area contributed by atoms with Crippen molar-refractivity contribution in [3.63, 3.8) is 0 Å². The van der Waals surface area contributed by atoms with E-state index < -0.39 is 12.0 Å². The lowest BCUT2D eigenvalue weighted by Gasteiger charge is -2.13. The Morgan fingerprint density at radius 1 is 0.971 bits per heavy atom. The quantitative estimate of drug-likeness (QED) is 0.339. The number of carbonyl (C=O) groups is 2. The molecule has 3 aromatic carbocycles. The number of fused-ring (bicyclic) bond motifs is 1. The molecular weight excluding hydrogens is 449 g/mol. The summed E-state index contributed by atoms with van der Waals surface area (Å²) in [6, 6.07) is 22.1. The van der Waals surface area contributed by atoms with Crippen LogP contribution in [0.3, 0.4) is 0 Å². The lowest BCUT2D eigenvalue weighted by atomic mass is 10.1. The van der Waals surface area contributed by atoms with Crippen molar-refractivity contribution in [3.05, 3.63) is 90.2 Å². The van der Waals surface area contributed by atoms with Crippen molar-refractivity contribution in [1.82, 2.24) is 10.3 Å². The van der Waals surface area contributed by atoms with Crippen molar-refractivity contribution in [3.8, 4) is 17.0 Å². The van der Waals surface area contributed by atoms with Gasteiger partial charge < -0.3 is 20.1 Å². The third-order valence-corrected chi connectivity index (χ3v) is 5.12. The van der Waals surface area contributed by atoms with Crippen molar-refractivity contribution >= 4 is 28.6 Å². The Labute approximate surface area is 201 Å². The maximum Gasteiger partial charge on any atom is 0.344 e. The van der Waals surface area contributed by atoms with E-state index in [-0.39, 0.29) is 25.6 Å². The molecule has 0 spiro atoms. The normalized spacial score (nSPS) is 10.6. The zero-order valence-corrected chi connectivity index (χ0v) is 19.1. The number of halogens is 1. The van der Waals surface area contributed by atoms with E-state index >= 15 is 0 Å². The SMILES string of the molecule is CCOC(=O)COc1cc(-c2ccccc2)nc2ccc(NC(=O)NCc3ccc(F)cc3)cc12. The van der Waals surface area contributed by atoms with Gasteiger partial charge >= 0.3 is 12.0 Å². The molecule has 7 nitrogen and oxygen atoms in total. The average Bonchev–Trinajstić information content (AvgIpc) is 2.87. The third-order valence-electron chi connectivity index (χ3n) is 5.12. The van der Waals surface area contributed by atoms with Crippen LogP contribution in [0.25, 0.3) is 22.2 Å². The van der Waals surface area contributed by atoms with Crippen LogP contribution in [0.2, 0.25) is 0 Å². The van der Waals surface area contributed by atoms with Crippen LogP contribution in [0.5, 0.6) is 5.75 Å². The Hall–Kier alpha value is -4.46. The lowest BCUT2D eigenvalue weighted by molar-refractivity contribution is -0.145. The van der Waals surface area contributed by atoms with Gasteiger partial charge in [-0.15, -0.1) is 0 Å². The molecule has 0 radical (unpaired) electrons. The fourth-order valence-corrected chi connectivity index (χ4v) is 3.45. The number of nitrogens with one attached hydrogen (secondary N) is 2. The van der Waals surface area contributed by atoms with E-state index in [1.165, 1.54) is 12.1 Å². The molecule has 178 valence electrons. The van der Waals surface area contributed by atoms with E-state index in [1.807, 2.05) is 30.3 Å². The number of benzene rings is 3. The number of esters is 1. The molecule has 0 saturated carbocycles. The van der Waals surface area contributed by atoms with Gasteiger partial charge in [0.05, 0.1) is 17.8 Å². The van der Waals surface area contributed by atoms with E-state index in [9.17, 15) is 14.0 Å². The maximum absolute atomic E-state index is 13.1. The fourth-order valence-electron chi connectivity index (χ4n) is 3.45. The molecule has 2 N–H and O–H groups in total. The Morgan fingerprint density at radius 2 is 1.74 bits per heavy atom. The first-order valence-corrected chi connectivity index (χ1v) is 11.1. The summed E-state index contributed by atoms with van der Waals surface area (Å²) in [5, 5.41) is 6.14. The number of hydrogen-bond acceptors (Lipinski definition) is 5. The first-order chi connectivity index (χ1) is 17.0. The van der Waals surface area contributed by atoms with Gasteiger partial charge in [0.25, 0.3) is 0 Å². The molecule has 4 rings (SSSR count). The highest BCUT2D eigenvalue weighted by atomic mass is 19.1. The lowest BCUT2D eigenvalue weighted by Crippen LogP contribution is -2.28. The molecule has 0 unspecified atom stereocenters. The maximum atomic E-state index is 13.1. The zero-order valence-electron chi connectivity index (χ0n) is 19.1. The highest BCUT2D eigenvalue weighted by molar-refractivity contribution is 5.95. The predicted molar refractivity (Wildman–Crippen MR) is 132 cm³/mol. The fraction of sp³-hybridized carbons (Fsp3) is 0.148. The molecule has 2 amide bonds. The van der Waals surface area contributed by atoms with Gasteiger partial charge in [-0.1, -0.05) is 42.5 Å². The number of hydrogen-bond donors (Lipinski definition) is 2. The molecule has 4 aromatic rings. The highest BCUT2D eigenvalue weighted by Gasteiger charge is 2.13. The molecule has 0 bridgehead atoms. The molecule has 8 heteroatoms. The average molecular weight is 474 g/mol. The molecule has 35 heavy (non-hydrogen) atoms. The molecule has 0 aliphatic rings. The minimum Gasteiger partial charge on any atom is -0.481 e. The van der Waals surface area contributed by atoms with E-state index in [0.29, 0.717) is 28.0 Å². The van der Waals surface area contributed by atoms with Crippen molar-refractivity contribution < 1.29 is 23.5 Å². The number of pyridine rings is 1. The van der Waals surface area contributed by atoms with Crippen LogP contribution in [0, 0.1) is 5.82 Å². The zero-order chi connectivity index (χ0) is 24.6. The minimum absolute atomic E-state index is 0.246. The first-order valence-electron chi connectivity index (χ1n) is 11.1. The summed E-state index contributed by atoms with van der Waals surface area (Å²) < 4.78 is 23.8. The summed E-state index contributed by atoms with van der Waals surface area (Å²) >= 11 is 0. The molecule has 0 aliphatic carbocycles. The second kappa shape index (κ2) is 11.1. The molecule has 0 saturated heterocycles. The summed E-state index contributed by atoms with van der Waals surface area (Å²) in [6.45, 7) is 1.98. The van der Waals surface area contributed by atoms with Gasteiger partial charge in [-0.05, 0) is 42.8 Å². The van der Waals surface area contributed by atoms with Crippen molar-refractivity contribution in [2.24, 2.45) is 0 Å². The van der Waals surface area contributed by atoms with Crippen LogP contribution in [-0.4, -0.2) is 30.2 Å². The Balaban J connectivity index is 1.56. The van der Waals surface area contributed by atoms with Crippen molar-refractivity contribution in [1.29, 1.82) is 0 Å². The third kappa shape index (κ3) is 6.32. The second-order valence-electron chi connectivity index (χ2n) is 7.63. The number of urea groups is 1. The topological polar surface area (TPSA) is 89.6 Å². The number of anilines is 1. The number of amides is 2. The van der Waals surface area contributed by atoms with E-state index in [1.54, 1.807) is 43.3 Å². The van der Waals surface area contributed by atoms with Gasteiger partial charge in [0.1, 0.15) is 11.6 Å². The Bertz CT molecular complexity index is 1330. The number of aromatic nitrogens is 1. The van der Waals surface area contributed by atoms with E-state index in [0.717, 1.165) is 11.1 Å². The van der Waals surface area contributed by atoms with Crippen LogP contribution in [-0.2, 0) is 16.1 Å². The van der Waals surface area contributed by atoms with Crippen LogP contribution < -0.4 is 15.4 Å². The van der Waals surface area contributed by atoms with Gasteiger partial charge in [0, 0.05) is 29.2 Å². The number of carbonyl (C=O) groups excluding carboxylic acids is 2. The summed E-state index contributed by atoms with van der Waals surface area (Å²) in [6.07, 6.45) is 0. The largest absolute Gasteiger partial charge is 0.481 e. The number of rotatable bonds is 8. The van der Waals surface area contributed by atoms with Crippen molar-refractivity contribution in [2.75, 3.05) is 18.5 Å². The number of nitrogens with zero attached hydrogens (tertiary/aromatic N) is 1. The highest BCUT2D eigenvalue weighted by Crippen LogP contribution is 2.32. The van der Waals surface area contributed by atoms with Gasteiger partial charge in [0.2, 0.25) is 0 Å². The van der Waals surface area contributed by atoms with Crippen LogP contribution in [0.15, 0.2) is 78.9 Å². The second-order valence-corrected chi connectivity index (χ2v) is 7.63. The predicted octanol–water partition coefficient (Wildman–Crippen LogP) is 5.30. The first kappa shape index (κ1) is 23.7. The van der Waals surface area contributed by atoms with Crippen LogP contribution >= 0.6 is 0 Å². The molecule has 0 aliphatic heterocycles. The van der Waals surface area contributed by atoms with Crippen LogP contribution in [0.4, 0.5) is 14.9 Å². The Morgan fingerprint density at radius 3 is 2.49 bits per heavy atom. The van der Waals surface area contributed by atoms with E-state index in [2.05, 4.69) is 10.6 Å². The minimum atomic E-state index is -0.479. The summed E-state index contributed by atoms with van der Waals surface area (Å²) in [4.78, 5) is 29.0. The van der Waals surface area contributed by atoms with Gasteiger partial charge in [-0.25, -0.2) is 19.0 Å². The summed E-state index contributed by atoms with van der Waals surface area (Å²) in [5.74, 6) is -0.371. The van der Waals surface area contributed by atoms with E-state index in [4.69, 9.17) is 14.5 Å². The van der Waals surface area contributed by atoms with Gasteiger partial charge in [-0.3, -0.25) is 0 Å². The molecule has 0 atom stereocenters. The molecule has 1 heterocycles. The smallest absolute Gasteiger partial charge is 0.344 e. The standard InChI is InChI=1S/C27H24FN3O4/c1-2-34-26(32)17-35-25-15-24(19-6-4-3-5-7-19)31-23-13-12-21(14-22(23)25)30-27(33)29-16-18-8-10-20(28)11-9-18/h3-15H,2,16-17H2,1H3,(H2,29,30,33). The van der Waals surface area contributed by atoms with Crippen molar-refractivity contribution in [2.45, 2.75) is 13.5 Å². The molecule has 1 aromatic heterocycles. The van der Waals surface area contributed by atoms with Gasteiger partial charge in [0.15, 0.2) is 6.61 Å². The molecule has 0 fully saturated rings. The summed E-state index contributed by atoms with van der Waals surface area (Å²) in [5.41, 5.74) is 3.52. The molecular formula is C27H24FN3O4. The summed E-state index contributed by atoms with van der Waals surface area (Å²) in [7, 11) is 0. The monoisotopic (exact) mass is 473 g/mol.